The minimum Gasteiger partial charge on any atom is -0.425 e. The number of benzene rings is 2. The molecule has 1 aromatic heterocycles. The average Bonchev–Trinajstić information content (AvgIpc) is 3.20. The zero-order valence-corrected chi connectivity index (χ0v) is 20.9. The lowest BCUT2D eigenvalue weighted by Gasteiger charge is -2.19. The van der Waals surface area contributed by atoms with E-state index in [2.05, 4.69) is 15.5 Å². The van der Waals surface area contributed by atoms with E-state index in [0.717, 1.165) is 17.5 Å². The summed E-state index contributed by atoms with van der Waals surface area (Å²) in [5.41, 5.74) is 2.08. The maximum atomic E-state index is 13.5. The fourth-order valence-corrected chi connectivity index (χ4v) is 3.55. The smallest absolute Gasteiger partial charge is 0.304 e. The number of carbonyl (C=O) groups excluding carboxylic acids is 2. The van der Waals surface area contributed by atoms with Crippen LogP contribution in [0.1, 0.15) is 28.5 Å². The van der Waals surface area contributed by atoms with E-state index in [4.69, 9.17) is 21.1 Å². The summed E-state index contributed by atoms with van der Waals surface area (Å²) >= 11 is 6.04. The normalized spacial score (nSPS) is 10.6. The summed E-state index contributed by atoms with van der Waals surface area (Å²) in [6, 6.07) is 14.9. The molecule has 0 aliphatic carbocycles. The van der Waals surface area contributed by atoms with Crippen LogP contribution in [-0.4, -0.2) is 60.1 Å². The van der Waals surface area contributed by atoms with E-state index in [9.17, 15) is 14.5 Å². The van der Waals surface area contributed by atoms with Gasteiger partial charge in [0.15, 0.2) is 11.5 Å². The number of hydrogen-bond donors (Lipinski definition) is 1. The monoisotopic (exact) mass is 513 g/mol. The number of halogens is 1. The largest absolute Gasteiger partial charge is 0.425 e. The van der Waals surface area contributed by atoms with E-state index in [1.165, 1.54) is 4.90 Å². The molecule has 1 N–H and O–H groups in total. The SMILES string of the molecule is CCc1cccc(Oc2nc(NC=O)c(C(=O)N(C)CCOCCN=O)n2Cc2ccc(Cl)cc2)c1. The molecule has 0 fully saturated rings. The summed E-state index contributed by atoms with van der Waals surface area (Å²) < 4.78 is 13.1. The Morgan fingerprint density at radius 3 is 2.67 bits per heavy atom. The molecule has 11 heteroatoms. The minimum atomic E-state index is -0.393. The number of likely N-dealkylation sites (N-methyl/N-ethyl adjacent to an activating group) is 1. The van der Waals surface area contributed by atoms with Gasteiger partial charge in [0.05, 0.1) is 19.8 Å². The van der Waals surface area contributed by atoms with E-state index in [0.29, 0.717) is 17.2 Å². The lowest BCUT2D eigenvalue weighted by Crippen LogP contribution is -2.32. The van der Waals surface area contributed by atoms with Crippen molar-refractivity contribution in [2.45, 2.75) is 19.9 Å². The highest BCUT2D eigenvalue weighted by Gasteiger charge is 2.27. The first-order valence-corrected chi connectivity index (χ1v) is 11.8. The molecule has 3 rings (SSSR count). The lowest BCUT2D eigenvalue weighted by molar-refractivity contribution is -0.105. The lowest BCUT2D eigenvalue weighted by atomic mass is 10.2. The van der Waals surface area contributed by atoms with Crippen molar-refractivity contribution in [1.29, 1.82) is 0 Å². The maximum absolute atomic E-state index is 13.5. The Balaban J connectivity index is 1.98. The number of nitroso groups, excluding NO2 is 1. The van der Waals surface area contributed by atoms with Gasteiger partial charge < -0.3 is 19.7 Å². The number of anilines is 1. The molecular formula is C25H28ClN5O5. The van der Waals surface area contributed by atoms with Crippen molar-refractivity contribution in [2.24, 2.45) is 5.18 Å². The molecular weight excluding hydrogens is 486 g/mol. The molecule has 1 heterocycles. The summed E-state index contributed by atoms with van der Waals surface area (Å²) in [7, 11) is 1.61. The van der Waals surface area contributed by atoms with Crippen LogP contribution in [0.15, 0.2) is 53.7 Å². The van der Waals surface area contributed by atoms with Gasteiger partial charge >= 0.3 is 6.01 Å². The predicted molar refractivity (Wildman–Crippen MR) is 137 cm³/mol. The number of amides is 2. The standard InChI is InChI=1S/C25H28ClN5O5/c1-3-18-5-4-6-21(15-18)36-25-29-23(27-17-32)22(24(33)30(2)12-14-35-13-11-28-34)31(25)16-19-7-9-20(26)10-8-19/h4-10,15,17H,3,11-14,16H2,1-2H3,(H,27,32). The van der Waals surface area contributed by atoms with Crippen LogP contribution in [0.2, 0.25) is 5.02 Å². The van der Waals surface area contributed by atoms with Gasteiger partial charge in [0.25, 0.3) is 5.91 Å². The second-order valence-electron chi connectivity index (χ2n) is 7.86. The fraction of sp³-hybridized carbons (Fsp3) is 0.320. The van der Waals surface area contributed by atoms with Gasteiger partial charge in [-0.2, -0.15) is 9.89 Å². The highest BCUT2D eigenvalue weighted by atomic mass is 35.5. The van der Waals surface area contributed by atoms with Crippen molar-refractivity contribution >= 4 is 29.7 Å². The molecule has 36 heavy (non-hydrogen) atoms. The third kappa shape index (κ3) is 7.12. The summed E-state index contributed by atoms with van der Waals surface area (Å²) in [5.74, 6) is 0.234. The highest BCUT2D eigenvalue weighted by molar-refractivity contribution is 6.30. The van der Waals surface area contributed by atoms with Crippen molar-refractivity contribution in [3.05, 3.63) is 75.3 Å². The third-order valence-corrected chi connectivity index (χ3v) is 5.60. The topological polar surface area (TPSA) is 115 Å². The van der Waals surface area contributed by atoms with E-state index >= 15 is 0 Å². The first-order valence-electron chi connectivity index (χ1n) is 11.4. The Hall–Kier alpha value is -3.76. The van der Waals surface area contributed by atoms with Gasteiger partial charge in [-0.3, -0.25) is 14.2 Å². The van der Waals surface area contributed by atoms with Crippen LogP contribution in [0.25, 0.3) is 0 Å². The van der Waals surface area contributed by atoms with Crippen molar-refractivity contribution in [3.63, 3.8) is 0 Å². The van der Waals surface area contributed by atoms with Crippen LogP contribution in [0.4, 0.5) is 5.82 Å². The Morgan fingerprint density at radius 1 is 1.19 bits per heavy atom. The minimum absolute atomic E-state index is 0.0405. The molecule has 0 radical (unpaired) electrons. The number of ether oxygens (including phenoxy) is 2. The summed E-state index contributed by atoms with van der Waals surface area (Å²) in [4.78, 5) is 40.9. The molecule has 0 unspecified atom stereocenters. The molecule has 0 saturated heterocycles. The molecule has 0 saturated carbocycles. The number of nitrogens with one attached hydrogen (secondary N) is 1. The second-order valence-corrected chi connectivity index (χ2v) is 8.30. The van der Waals surface area contributed by atoms with Crippen molar-refractivity contribution < 1.29 is 19.1 Å². The molecule has 0 bridgehead atoms. The van der Waals surface area contributed by atoms with Crippen LogP contribution in [-0.2, 0) is 22.5 Å². The van der Waals surface area contributed by atoms with Gasteiger partial charge in [-0.25, -0.2) is 0 Å². The summed E-state index contributed by atoms with van der Waals surface area (Å²) in [6.45, 7) is 2.96. The second kappa shape index (κ2) is 13.4. The molecule has 0 atom stereocenters. The highest BCUT2D eigenvalue weighted by Crippen LogP contribution is 2.29. The van der Waals surface area contributed by atoms with E-state index in [1.54, 1.807) is 29.8 Å². The molecule has 0 aliphatic rings. The van der Waals surface area contributed by atoms with Gasteiger partial charge in [0.1, 0.15) is 12.3 Å². The van der Waals surface area contributed by atoms with Gasteiger partial charge in [0.2, 0.25) is 6.41 Å². The Kier molecular flexibility index (Phi) is 9.96. The van der Waals surface area contributed by atoms with Gasteiger partial charge in [0, 0.05) is 18.6 Å². The summed E-state index contributed by atoms with van der Waals surface area (Å²) in [6.07, 6.45) is 1.29. The number of aryl methyl sites for hydroxylation is 1. The molecule has 2 amide bonds. The zero-order chi connectivity index (χ0) is 25.9. The van der Waals surface area contributed by atoms with Gasteiger partial charge in [-0.15, -0.1) is 0 Å². The van der Waals surface area contributed by atoms with Crippen LogP contribution >= 0.6 is 11.6 Å². The van der Waals surface area contributed by atoms with Gasteiger partial charge in [-0.1, -0.05) is 48.0 Å². The molecule has 2 aromatic carbocycles. The summed E-state index contributed by atoms with van der Waals surface area (Å²) in [5, 5.41) is 5.85. The van der Waals surface area contributed by atoms with Crippen LogP contribution in [0.3, 0.4) is 0 Å². The molecule has 190 valence electrons. The first-order chi connectivity index (χ1) is 17.5. The zero-order valence-electron chi connectivity index (χ0n) is 20.1. The number of hydrogen-bond acceptors (Lipinski definition) is 7. The van der Waals surface area contributed by atoms with E-state index in [-0.39, 0.29) is 50.4 Å². The first kappa shape index (κ1) is 26.8. The van der Waals surface area contributed by atoms with Crippen LogP contribution in [0, 0.1) is 4.91 Å². The number of nitrogens with zero attached hydrogens (tertiary/aromatic N) is 4. The quantitative estimate of drug-likeness (QED) is 0.194. The average molecular weight is 514 g/mol. The Bertz CT molecular complexity index is 1180. The fourth-order valence-electron chi connectivity index (χ4n) is 3.42. The predicted octanol–water partition coefficient (Wildman–Crippen LogP) is 4.36. The van der Waals surface area contributed by atoms with Crippen molar-refractivity contribution in [2.75, 3.05) is 38.7 Å². The van der Waals surface area contributed by atoms with Crippen molar-refractivity contribution in [3.8, 4) is 11.8 Å². The molecule has 3 aromatic rings. The van der Waals surface area contributed by atoms with Crippen LogP contribution < -0.4 is 10.1 Å². The molecule has 0 aliphatic heterocycles. The number of carbonyl (C=O) groups is 2. The van der Waals surface area contributed by atoms with E-state index < -0.39 is 5.91 Å². The molecule has 10 nitrogen and oxygen atoms in total. The van der Waals surface area contributed by atoms with Crippen molar-refractivity contribution in [1.82, 2.24) is 14.5 Å². The Labute approximate surface area is 214 Å². The van der Waals surface area contributed by atoms with E-state index in [1.807, 2.05) is 37.3 Å². The number of aromatic nitrogens is 2. The number of imidazole rings is 1. The Morgan fingerprint density at radius 2 is 1.97 bits per heavy atom. The number of rotatable bonds is 14. The molecule has 0 spiro atoms. The third-order valence-electron chi connectivity index (χ3n) is 5.35. The van der Waals surface area contributed by atoms with Crippen LogP contribution in [0.5, 0.6) is 11.8 Å². The van der Waals surface area contributed by atoms with Gasteiger partial charge in [-0.05, 0) is 41.8 Å². The maximum Gasteiger partial charge on any atom is 0.304 e.